The van der Waals surface area contributed by atoms with Crippen LogP contribution in [0.1, 0.15) is 21.5 Å². The molecule has 1 aliphatic rings. The average molecular weight is 574 g/mol. The maximum Gasteiger partial charge on any atom is 0.261 e. The van der Waals surface area contributed by atoms with Crippen LogP contribution in [-0.2, 0) is 24.8 Å². The van der Waals surface area contributed by atoms with Gasteiger partial charge in [-0.15, -0.1) is 0 Å². The number of nitrogens with one attached hydrogen (secondary N) is 2. The number of sulfonamides is 2. The summed E-state index contributed by atoms with van der Waals surface area (Å²) in [5.41, 5.74) is 2.08. The molecule has 3 aromatic rings. The zero-order chi connectivity index (χ0) is 28.0. The van der Waals surface area contributed by atoms with Crippen LogP contribution in [-0.4, -0.2) is 66.5 Å². The number of anilines is 1. The predicted molar refractivity (Wildman–Crippen MR) is 147 cm³/mol. The molecule has 39 heavy (non-hydrogen) atoms. The number of aryl methyl sites for hydroxylation is 1. The minimum Gasteiger partial charge on any atom is -0.492 e. The lowest BCUT2D eigenvalue weighted by molar-refractivity contribution is 0.0730. The highest BCUT2D eigenvalue weighted by atomic mass is 32.2. The molecule has 4 rings (SSSR count). The van der Waals surface area contributed by atoms with Crippen molar-refractivity contribution in [1.82, 2.24) is 9.62 Å². The van der Waals surface area contributed by atoms with Crippen molar-refractivity contribution in [2.45, 2.75) is 23.6 Å². The van der Waals surface area contributed by atoms with Gasteiger partial charge >= 0.3 is 0 Å². The van der Waals surface area contributed by atoms with Crippen molar-refractivity contribution in [3.63, 3.8) is 0 Å². The summed E-state index contributed by atoms with van der Waals surface area (Å²) in [5.74, 6) is 0.0910. The lowest BCUT2D eigenvalue weighted by Crippen LogP contribution is -2.40. The molecule has 0 saturated carbocycles. The van der Waals surface area contributed by atoms with Crippen LogP contribution >= 0.6 is 0 Å². The first-order valence-corrected chi connectivity index (χ1v) is 15.3. The number of nitrogens with zero attached hydrogens (tertiary/aromatic N) is 1. The second kappa shape index (κ2) is 12.2. The van der Waals surface area contributed by atoms with Crippen LogP contribution in [0.25, 0.3) is 0 Å². The fourth-order valence-electron chi connectivity index (χ4n) is 3.99. The molecule has 0 aliphatic carbocycles. The third-order valence-electron chi connectivity index (χ3n) is 6.24. The summed E-state index contributed by atoms with van der Waals surface area (Å²) in [4.78, 5) is 13.1. The van der Waals surface area contributed by atoms with Crippen LogP contribution in [0.5, 0.6) is 5.75 Å². The first kappa shape index (κ1) is 28.6. The van der Waals surface area contributed by atoms with E-state index in [0.717, 1.165) is 5.56 Å². The molecule has 0 bridgehead atoms. The van der Waals surface area contributed by atoms with E-state index in [9.17, 15) is 21.6 Å². The highest BCUT2D eigenvalue weighted by molar-refractivity contribution is 7.92. The van der Waals surface area contributed by atoms with Crippen molar-refractivity contribution in [3.8, 4) is 5.75 Å². The van der Waals surface area contributed by atoms with E-state index in [1.807, 2.05) is 6.92 Å². The number of hydrogen-bond donors (Lipinski definition) is 2. The number of hydrogen-bond acceptors (Lipinski definition) is 7. The average Bonchev–Trinajstić information content (AvgIpc) is 2.93. The zero-order valence-electron chi connectivity index (χ0n) is 21.7. The van der Waals surface area contributed by atoms with Crippen molar-refractivity contribution >= 4 is 31.6 Å². The number of carbonyl (C=O) groups is 1. The lowest BCUT2D eigenvalue weighted by Gasteiger charge is -2.26. The summed E-state index contributed by atoms with van der Waals surface area (Å²) in [6.45, 7) is 5.27. The van der Waals surface area contributed by atoms with E-state index in [4.69, 9.17) is 9.47 Å². The summed E-state index contributed by atoms with van der Waals surface area (Å²) < 4.78 is 65.8. The minimum atomic E-state index is -3.81. The third kappa shape index (κ3) is 6.95. The van der Waals surface area contributed by atoms with E-state index in [0.29, 0.717) is 48.9 Å². The lowest BCUT2D eigenvalue weighted by atomic mass is 10.1. The minimum absolute atomic E-state index is 0.131. The van der Waals surface area contributed by atoms with Gasteiger partial charge in [-0.05, 0) is 67.9 Å². The van der Waals surface area contributed by atoms with Gasteiger partial charge in [-0.1, -0.05) is 23.8 Å². The van der Waals surface area contributed by atoms with Gasteiger partial charge < -0.3 is 14.8 Å². The molecule has 1 heterocycles. The Hall–Kier alpha value is -3.45. The summed E-state index contributed by atoms with van der Waals surface area (Å²) in [6, 6.07) is 17.4. The molecule has 3 aromatic carbocycles. The number of benzene rings is 3. The Bertz CT molecular complexity index is 1520. The van der Waals surface area contributed by atoms with Crippen molar-refractivity contribution < 1.29 is 31.1 Å². The van der Waals surface area contributed by atoms with Gasteiger partial charge in [0.15, 0.2) is 0 Å². The molecular formula is C27H31N3O7S2. The normalized spacial score (nSPS) is 14.5. The van der Waals surface area contributed by atoms with E-state index in [2.05, 4.69) is 10.0 Å². The van der Waals surface area contributed by atoms with E-state index in [1.54, 1.807) is 49.4 Å². The van der Waals surface area contributed by atoms with E-state index in [-0.39, 0.29) is 28.8 Å². The largest absolute Gasteiger partial charge is 0.492 e. The Morgan fingerprint density at radius 1 is 0.897 bits per heavy atom. The zero-order valence-corrected chi connectivity index (χ0v) is 23.3. The van der Waals surface area contributed by atoms with Crippen molar-refractivity contribution in [1.29, 1.82) is 0 Å². The van der Waals surface area contributed by atoms with Crippen molar-refractivity contribution in [3.05, 3.63) is 83.4 Å². The molecule has 12 heteroatoms. The Kier molecular flexibility index (Phi) is 8.90. The summed E-state index contributed by atoms with van der Waals surface area (Å²) in [7, 11) is -7.40. The molecule has 1 fully saturated rings. The number of morpholine rings is 1. The molecule has 0 radical (unpaired) electrons. The molecule has 10 nitrogen and oxygen atoms in total. The Balaban J connectivity index is 1.31. The standard InChI is InChI=1S/C27H31N3O7S2/c1-20-6-10-23(11-7-20)38(32,33)29-26-5-3-4-25(21(26)2)27(31)28-14-17-37-22-8-12-24(13-9-22)39(34,35)30-15-18-36-19-16-30/h3-13,29H,14-19H2,1-2H3,(H,28,31). The van der Waals surface area contributed by atoms with Gasteiger partial charge in [0.05, 0.1) is 35.2 Å². The second-order valence-electron chi connectivity index (χ2n) is 8.99. The topological polar surface area (TPSA) is 131 Å². The molecular weight excluding hydrogens is 542 g/mol. The molecule has 0 atom stereocenters. The number of carbonyl (C=O) groups excluding carboxylic acids is 1. The summed E-state index contributed by atoms with van der Waals surface area (Å²) in [6.07, 6.45) is 0. The number of amides is 1. The van der Waals surface area contributed by atoms with Crippen molar-refractivity contribution in [2.75, 3.05) is 44.2 Å². The fourth-order valence-corrected chi connectivity index (χ4v) is 6.52. The summed E-state index contributed by atoms with van der Waals surface area (Å²) in [5, 5.41) is 2.76. The van der Waals surface area contributed by atoms with Gasteiger partial charge in [0.2, 0.25) is 10.0 Å². The van der Waals surface area contributed by atoms with Crippen LogP contribution in [0.4, 0.5) is 5.69 Å². The quantitative estimate of drug-likeness (QED) is 0.357. The molecule has 0 unspecified atom stereocenters. The Labute approximate surface area is 229 Å². The molecule has 1 saturated heterocycles. The molecule has 2 N–H and O–H groups in total. The van der Waals surface area contributed by atoms with Gasteiger partial charge in [-0.3, -0.25) is 9.52 Å². The molecule has 0 aromatic heterocycles. The molecule has 208 valence electrons. The first-order chi connectivity index (χ1) is 18.6. The third-order valence-corrected chi connectivity index (χ3v) is 9.54. The highest BCUT2D eigenvalue weighted by Crippen LogP contribution is 2.23. The van der Waals surface area contributed by atoms with E-state index < -0.39 is 20.0 Å². The maximum atomic E-state index is 12.8. The van der Waals surface area contributed by atoms with E-state index in [1.165, 1.54) is 28.6 Å². The monoisotopic (exact) mass is 573 g/mol. The van der Waals surface area contributed by atoms with E-state index >= 15 is 0 Å². The number of ether oxygens (including phenoxy) is 2. The van der Waals surface area contributed by atoms with Gasteiger partial charge in [0.25, 0.3) is 15.9 Å². The van der Waals surface area contributed by atoms with Gasteiger partial charge in [-0.2, -0.15) is 4.31 Å². The van der Waals surface area contributed by atoms with Gasteiger partial charge in [-0.25, -0.2) is 16.8 Å². The second-order valence-corrected chi connectivity index (χ2v) is 12.6. The van der Waals surface area contributed by atoms with Crippen LogP contribution < -0.4 is 14.8 Å². The van der Waals surface area contributed by atoms with Crippen LogP contribution in [0.15, 0.2) is 76.5 Å². The summed E-state index contributed by atoms with van der Waals surface area (Å²) >= 11 is 0. The Morgan fingerprint density at radius 3 is 2.21 bits per heavy atom. The SMILES string of the molecule is Cc1ccc(S(=O)(=O)Nc2cccc(C(=O)NCCOc3ccc(S(=O)(=O)N4CCOCC4)cc3)c2C)cc1. The van der Waals surface area contributed by atoms with Gasteiger partial charge in [0, 0.05) is 18.7 Å². The van der Waals surface area contributed by atoms with Crippen LogP contribution in [0.3, 0.4) is 0 Å². The predicted octanol–water partition coefficient (Wildman–Crippen LogP) is 2.93. The maximum absolute atomic E-state index is 12.8. The molecule has 0 spiro atoms. The molecule has 1 aliphatic heterocycles. The van der Waals surface area contributed by atoms with Crippen LogP contribution in [0.2, 0.25) is 0 Å². The highest BCUT2D eigenvalue weighted by Gasteiger charge is 2.26. The van der Waals surface area contributed by atoms with Gasteiger partial charge in [0.1, 0.15) is 12.4 Å². The molecule has 1 amide bonds. The first-order valence-electron chi connectivity index (χ1n) is 12.4. The smallest absolute Gasteiger partial charge is 0.261 e. The number of rotatable bonds is 10. The Morgan fingerprint density at radius 2 is 1.54 bits per heavy atom. The van der Waals surface area contributed by atoms with Crippen molar-refractivity contribution in [2.24, 2.45) is 0 Å². The van der Waals surface area contributed by atoms with Crippen LogP contribution in [0, 0.1) is 13.8 Å². The fraction of sp³-hybridized carbons (Fsp3) is 0.296.